The number of para-hydroxylation sites is 2. The summed E-state index contributed by atoms with van der Waals surface area (Å²) in [7, 11) is 0. The van der Waals surface area contributed by atoms with Gasteiger partial charge in [-0.1, -0.05) is 36.4 Å². The zero-order valence-corrected chi connectivity index (χ0v) is 14.0. The van der Waals surface area contributed by atoms with Gasteiger partial charge in [-0.05, 0) is 36.6 Å². The fourth-order valence-corrected chi connectivity index (χ4v) is 3.56. The molecular formula is C21H20N2O2. The average Bonchev–Trinajstić information content (AvgIpc) is 3.09. The van der Waals surface area contributed by atoms with E-state index in [2.05, 4.69) is 6.07 Å². The first kappa shape index (κ1) is 15.6. The lowest BCUT2D eigenvalue weighted by molar-refractivity contribution is -0.118. The number of amides is 1. The Morgan fingerprint density at radius 1 is 0.880 bits per heavy atom. The van der Waals surface area contributed by atoms with Gasteiger partial charge in [0.15, 0.2) is 0 Å². The molecule has 4 nitrogen and oxygen atoms in total. The monoisotopic (exact) mass is 332 g/mol. The number of hydrogen-bond acceptors (Lipinski definition) is 2. The number of aromatic nitrogens is 1. The molecular weight excluding hydrogens is 312 g/mol. The number of rotatable bonds is 3. The van der Waals surface area contributed by atoms with E-state index in [9.17, 15) is 9.59 Å². The SMILES string of the molecule is O=C(CCC(=O)n1ccc2ccccc21)N1CCCc2ccccc21. The summed E-state index contributed by atoms with van der Waals surface area (Å²) in [6, 6.07) is 17.7. The van der Waals surface area contributed by atoms with Crippen molar-refractivity contribution < 1.29 is 9.59 Å². The third-order valence-electron chi connectivity index (χ3n) is 4.83. The Morgan fingerprint density at radius 3 is 2.56 bits per heavy atom. The van der Waals surface area contributed by atoms with Crippen LogP contribution in [0.2, 0.25) is 0 Å². The molecule has 0 radical (unpaired) electrons. The second-order valence-corrected chi connectivity index (χ2v) is 6.42. The highest BCUT2D eigenvalue weighted by Crippen LogP contribution is 2.27. The van der Waals surface area contributed by atoms with Crippen molar-refractivity contribution >= 4 is 28.4 Å². The molecule has 1 aromatic heterocycles. The summed E-state index contributed by atoms with van der Waals surface area (Å²) in [5.41, 5.74) is 3.10. The number of fused-ring (bicyclic) bond motifs is 2. The minimum absolute atomic E-state index is 0.0250. The predicted octanol–water partition coefficient (Wildman–Crippen LogP) is 4.04. The number of carbonyl (C=O) groups is 2. The topological polar surface area (TPSA) is 42.3 Å². The van der Waals surface area contributed by atoms with Gasteiger partial charge in [0.25, 0.3) is 0 Å². The molecule has 0 aliphatic carbocycles. The number of hydrogen-bond donors (Lipinski definition) is 0. The lowest BCUT2D eigenvalue weighted by Crippen LogP contribution is -2.35. The fourth-order valence-electron chi connectivity index (χ4n) is 3.56. The summed E-state index contributed by atoms with van der Waals surface area (Å²) < 4.78 is 1.65. The first-order valence-electron chi connectivity index (χ1n) is 8.71. The largest absolute Gasteiger partial charge is 0.312 e. The van der Waals surface area contributed by atoms with E-state index in [1.807, 2.05) is 53.4 Å². The Hall–Kier alpha value is -2.88. The van der Waals surface area contributed by atoms with Crippen molar-refractivity contribution in [2.45, 2.75) is 25.7 Å². The Morgan fingerprint density at radius 2 is 1.64 bits per heavy atom. The molecule has 1 aliphatic rings. The number of aryl methyl sites for hydroxylation is 1. The van der Waals surface area contributed by atoms with Crippen LogP contribution in [0.3, 0.4) is 0 Å². The van der Waals surface area contributed by atoms with Crippen LogP contribution in [0.5, 0.6) is 0 Å². The van der Waals surface area contributed by atoms with Crippen molar-refractivity contribution in [1.82, 2.24) is 4.57 Å². The van der Waals surface area contributed by atoms with Gasteiger partial charge in [-0.2, -0.15) is 0 Å². The molecule has 4 rings (SSSR count). The summed E-state index contributed by atoms with van der Waals surface area (Å²) in [5.74, 6) is -0.0168. The highest BCUT2D eigenvalue weighted by atomic mass is 16.2. The summed E-state index contributed by atoms with van der Waals surface area (Å²) >= 11 is 0. The summed E-state index contributed by atoms with van der Waals surface area (Å²) in [6.45, 7) is 0.733. The van der Waals surface area contributed by atoms with Crippen LogP contribution in [0.25, 0.3) is 10.9 Å². The first-order valence-corrected chi connectivity index (χ1v) is 8.71. The standard InChI is InChI=1S/C21H20N2O2/c24-20(22-14-5-8-16-6-1-3-9-18(16)22)11-12-21(25)23-15-13-17-7-2-4-10-19(17)23/h1-4,6-7,9-10,13,15H,5,8,11-12,14H2. The van der Waals surface area contributed by atoms with Gasteiger partial charge in [-0.15, -0.1) is 0 Å². The van der Waals surface area contributed by atoms with E-state index in [1.165, 1.54) is 5.56 Å². The fraction of sp³-hybridized carbons (Fsp3) is 0.238. The van der Waals surface area contributed by atoms with Crippen LogP contribution in [0, 0.1) is 0 Å². The van der Waals surface area contributed by atoms with E-state index in [-0.39, 0.29) is 24.7 Å². The van der Waals surface area contributed by atoms with E-state index >= 15 is 0 Å². The Balaban J connectivity index is 1.47. The van der Waals surface area contributed by atoms with E-state index in [1.54, 1.807) is 10.8 Å². The molecule has 2 heterocycles. The van der Waals surface area contributed by atoms with E-state index in [4.69, 9.17) is 0 Å². The maximum absolute atomic E-state index is 12.7. The summed E-state index contributed by atoms with van der Waals surface area (Å²) in [4.78, 5) is 27.0. The van der Waals surface area contributed by atoms with Gasteiger partial charge in [0.05, 0.1) is 5.52 Å². The zero-order valence-electron chi connectivity index (χ0n) is 14.0. The van der Waals surface area contributed by atoms with Crippen molar-refractivity contribution in [3.05, 3.63) is 66.4 Å². The molecule has 3 aromatic rings. The lowest BCUT2D eigenvalue weighted by Gasteiger charge is -2.29. The Bertz CT molecular complexity index is 942. The molecule has 0 N–H and O–H groups in total. The van der Waals surface area contributed by atoms with E-state index in [0.717, 1.165) is 36.0 Å². The average molecular weight is 332 g/mol. The maximum Gasteiger partial charge on any atom is 0.231 e. The first-order chi connectivity index (χ1) is 12.2. The van der Waals surface area contributed by atoms with E-state index in [0.29, 0.717) is 0 Å². The second-order valence-electron chi connectivity index (χ2n) is 6.42. The summed E-state index contributed by atoms with van der Waals surface area (Å²) in [6.07, 6.45) is 4.22. The molecule has 4 heteroatoms. The van der Waals surface area contributed by atoms with Crippen LogP contribution in [0.4, 0.5) is 5.69 Å². The quantitative estimate of drug-likeness (QED) is 0.726. The van der Waals surface area contributed by atoms with Crippen LogP contribution in [0.15, 0.2) is 60.8 Å². The molecule has 2 aromatic carbocycles. The van der Waals surface area contributed by atoms with Crippen LogP contribution in [0.1, 0.15) is 29.6 Å². The minimum atomic E-state index is -0.0418. The molecule has 0 atom stereocenters. The third-order valence-corrected chi connectivity index (χ3v) is 4.83. The maximum atomic E-state index is 12.7. The predicted molar refractivity (Wildman–Crippen MR) is 98.9 cm³/mol. The van der Waals surface area contributed by atoms with Crippen LogP contribution in [-0.4, -0.2) is 22.9 Å². The van der Waals surface area contributed by atoms with Crippen molar-refractivity contribution in [2.75, 3.05) is 11.4 Å². The molecule has 0 bridgehead atoms. The van der Waals surface area contributed by atoms with Gasteiger partial charge in [0.1, 0.15) is 0 Å². The highest BCUT2D eigenvalue weighted by molar-refractivity contribution is 5.98. The van der Waals surface area contributed by atoms with Crippen molar-refractivity contribution in [2.24, 2.45) is 0 Å². The van der Waals surface area contributed by atoms with E-state index < -0.39 is 0 Å². The molecule has 25 heavy (non-hydrogen) atoms. The highest BCUT2D eigenvalue weighted by Gasteiger charge is 2.22. The van der Waals surface area contributed by atoms with Crippen molar-refractivity contribution in [3.8, 4) is 0 Å². The smallest absolute Gasteiger partial charge is 0.231 e. The van der Waals surface area contributed by atoms with Crippen molar-refractivity contribution in [1.29, 1.82) is 0 Å². The number of benzene rings is 2. The van der Waals surface area contributed by atoms with Crippen LogP contribution in [-0.2, 0) is 11.2 Å². The third kappa shape index (κ3) is 2.95. The number of anilines is 1. The lowest BCUT2D eigenvalue weighted by atomic mass is 10.0. The number of nitrogens with zero attached hydrogens (tertiary/aromatic N) is 2. The number of carbonyl (C=O) groups excluding carboxylic acids is 2. The molecule has 1 amide bonds. The second kappa shape index (κ2) is 6.55. The van der Waals surface area contributed by atoms with Gasteiger partial charge in [-0.25, -0.2) is 0 Å². The van der Waals surface area contributed by atoms with Gasteiger partial charge in [0, 0.05) is 36.7 Å². The molecule has 0 unspecified atom stereocenters. The Labute approximate surface area is 146 Å². The summed E-state index contributed by atoms with van der Waals surface area (Å²) in [5, 5.41) is 1.03. The molecule has 0 saturated heterocycles. The van der Waals surface area contributed by atoms with Crippen LogP contribution >= 0.6 is 0 Å². The van der Waals surface area contributed by atoms with Gasteiger partial charge >= 0.3 is 0 Å². The van der Waals surface area contributed by atoms with Crippen LogP contribution < -0.4 is 4.90 Å². The molecule has 126 valence electrons. The normalized spacial score (nSPS) is 13.7. The molecule has 0 saturated carbocycles. The van der Waals surface area contributed by atoms with Gasteiger partial charge < -0.3 is 4.90 Å². The van der Waals surface area contributed by atoms with Crippen molar-refractivity contribution in [3.63, 3.8) is 0 Å². The molecule has 0 spiro atoms. The molecule has 0 fully saturated rings. The minimum Gasteiger partial charge on any atom is -0.312 e. The van der Waals surface area contributed by atoms with Gasteiger partial charge in [0.2, 0.25) is 11.8 Å². The van der Waals surface area contributed by atoms with Gasteiger partial charge in [-0.3, -0.25) is 14.2 Å². The Kier molecular flexibility index (Phi) is 4.10. The molecule has 1 aliphatic heterocycles. The zero-order chi connectivity index (χ0) is 17.2.